The van der Waals surface area contributed by atoms with Crippen LogP contribution in [0.3, 0.4) is 0 Å². The van der Waals surface area contributed by atoms with E-state index in [0.29, 0.717) is 24.5 Å². The van der Waals surface area contributed by atoms with Crippen molar-refractivity contribution < 1.29 is 19.5 Å². The number of pyridine rings is 1. The van der Waals surface area contributed by atoms with Crippen LogP contribution in [-0.4, -0.2) is 35.8 Å². The Kier molecular flexibility index (Phi) is 8.99. The molecule has 3 N–H and O–H groups in total. The minimum absolute atomic E-state index is 0.206. The number of carbonyl (C=O) groups excluding carboxylic acids is 2. The van der Waals surface area contributed by atoms with Crippen LogP contribution in [-0.2, 0) is 11.2 Å². The predicted molar refractivity (Wildman–Crippen MR) is 132 cm³/mol. The molecule has 0 aliphatic carbocycles. The number of hydrogen-bond acceptors (Lipinski definition) is 5. The van der Waals surface area contributed by atoms with E-state index in [1.54, 1.807) is 18.6 Å². The number of hydroxylamine groups is 1. The lowest BCUT2D eigenvalue weighted by atomic mass is 10.1. The summed E-state index contributed by atoms with van der Waals surface area (Å²) in [7, 11) is 1.67. The van der Waals surface area contributed by atoms with E-state index in [9.17, 15) is 9.59 Å². The third-order valence-corrected chi connectivity index (χ3v) is 5.27. The van der Waals surface area contributed by atoms with Gasteiger partial charge in [0.15, 0.2) is 0 Å². The number of nitrogens with one attached hydrogen (secondary N) is 2. The molecule has 1 heterocycles. The van der Waals surface area contributed by atoms with Gasteiger partial charge in [-0.1, -0.05) is 43.7 Å². The van der Waals surface area contributed by atoms with Crippen molar-refractivity contribution in [2.75, 3.05) is 23.9 Å². The molecule has 0 bridgehead atoms. The van der Waals surface area contributed by atoms with E-state index in [0.717, 1.165) is 35.4 Å². The average Bonchev–Trinajstić information content (AvgIpc) is 2.88. The number of carbonyl (C=O) groups is 2. The first-order chi connectivity index (χ1) is 16.5. The number of hydrogen-bond donors (Lipinski definition) is 3. The lowest BCUT2D eigenvalue weighted by molar-refractivity contribution is -0.129. The number of urea groups is 1. The molecule has 0 spiro atoms. The van der Waals surface area contributed by atoms with Gasteiger partial charge in [0.1, 0.15) is 11.6 Å². The van der Waals surface area contributed by atoms with Crippen LogP contribution in [0.1, 0.15) is 31.7 Å². The zero-order valence-corrected chi connectivity index (χ0v) is 19.5. The van der Waals surface area contributed by atoms with Crippen LogP contribution in [0.25, 0.3) is 11.3 Å². The fraction of sp³-hybridized carbons (Fsp3) is 0.269. The van der Waals surface area contributed by atoms with Crippen molar-refractivity contribution in [3.05, 3.63) is 72.3 Å². The molecular formula is C26H30N4O4. The zero-order valence-electron chi connectivity index (χ0n) is 19.5. The summed E-state index contributed by atoms with van der Waals surface area (Å²) in [5.41, 5.74) is 4.90. The van der Waals surface area contributed by atoms with Crippen LogP contribution in [0.15, 0.2) is 66.7 Å². The van der Waals surface area contributed by atoms with E-state index in [4.69, 9.17) is 9.94 Å². The summed E-state index contributed by atoms with van der Waals surface area (Å²) in [5, 5.41) is 11.5. The Morgan fingerprint density at radius 1 is 1.03 bits per heavy atom. The lowest BCUT2D eigenvalue weighted by Gasteiger charge is -2.18. The molecule has 1 aromatic heterocycles. The first-order valence-electron chi connectivity index (χ1n) is 11.3. The maximum absolute atomic E-state index is 12.7. The molecule has 3 rings (SSSR count). The van der Waals surface area contributed by atoms with Gasteiger partial charge in [0.2, 0.25) is 5.91 Å². The fourth-order valence-corrected chi connectivity index (χ4v) is 3.21. The van der Waals surface area contributed by atoms with Crippen molar-refractivity contribution in [2.45, 2.75) is 32.6 Å². The monoisotopic (exact) mass is 462 g/mol. The summed E-state index contributed by atoms with van der Waals surface area (Å²) in [6, 6.07) is 20.2. The van der Waals surface area contributed by atoms with Gasteiger partial charge >= 0.3 is 6.03 Å². The Labute approximate surface area is 199 Å². The molecule has 34 heavy (non-hydrogen) atoms. The van der Waals surface area contributed by atoms with Gasteiger partial charge in [0.25, 0.3) is 0 Å². The van der Waals surface area contributed by atoms with E-state index in [-0.39, 0.29) is 12.5 Å². The lowest BCUT2D eigenvalue weighted by Crippen LogP contribution is -2.31. The Bertz CT molecular complexity index is 1080. The van der Waals surface area contributed by atoms with Crippen molar-refractivity contribution in [3.63, 3.8) is 0 Å². The quantitative estimate of drug-likeness (QED) is 0.223. The molecule has 0 unspecified atom stereocenters. The number of rotatable bonds is 10. The van der Waals surface area contributed by atoms with Crippen molar-refractivity contribution in [1.29, 1.82) is 0 Å². The molecule has 0 saturated carbocycles. The zero-order chi connectivity index (χ0) is 24.3. The van der Waals surface area contributed by atoms with Crippen molar-refractivity contribution in [1.82, 2.24) is 10.5 Å². The first-order valence-corrected chi connectivity index (χ1v) is 11.3. The summed E-state index contributed by atoms with van der Waals surface area (Å²) in [6.07, 6.45) is 2.81. The number of nitrogens with zero attached hydrogens (tertiary/aromatic N) is 2. The SMILES string of the molecule is CCCCOc1ccc(NC(=O)N(C)c2cccc(-c3ccc(CCC(=O)NO)cc3)n2)cc1. The third kappa shape index (κ3) is 7.05. The summed E-state index contributed by atoms with van der Waals surface area (Å²) in [4.78, 5) is 30.0. The van der Waals surface area contributed by atoms with Gasteiger partial charge in [-0.25, -0.2) is 15.3 Å². The summed E-state index contributed by atoms with van der Waals surface area (Å²) in [5.74, 6) is 0.867. The molecule has 0 aliphatic rings. The Hall–Kier alpha value is -3.91. The molecule has 3 amide bonds. The van der Waals surface area contributed by atoms with Gasteiger partial charge in [-0.05, 0) is 54.8 Å². The van der Waals surface area contributed by atoms with Crippen LogP contribution in [0.4, 0.5) is 16.3 Å². The Morgan fingerprint density at radius 3 is 2.44 bits per heavy atom. The fourth-order valence-electron chi connectivity index (χ4n) is 3.21. The average molecular weight is 463 g/mol. The van der Waals surface area contributed by atoms with Gasteiger partial charge in [-0.15, -0.1) is 0 Å². The largest absolute Gasteiger partial charge is 0.494 e. The number of aryl methyl sites for hydroxylation is 1. The normalized spacial score (nSPS) is 10.4. The van der Waals surface area contributed by atoms with E-state index in [1.165, 1.54) is 4.90 Å². The second-order valence-corrected chi connectivity index (χ2v) is 7.83. The number of anilines is 2. The molecule has 0 fully saturated rings. The van der Waals surface area contributed by atoms with Gasteiger partial charge in [-0.2, -0.15) is 0 Å². The van der Waals surface area contributed by atoms with Crippen molar-refractivity contribution >= 4 is 23.4 Å². The Morgan fingerprint density at radius 2 is 1.76 bits per heavy atom. The van der Waals surface area contributed by atoms with Gasteiger partial charge in [0, 0.05) is 24.7 Å². The summed E-state index contributed by atoms with van der Waals surface area (Å²) in [6.45, 7) is 2.79. The maximum atomic E-state index is 12.7. The number of benzene rings is 2. The highest BCUT2D eigenvalue weighted by molar-refractivity contribution is 6.00. The number of ether oxygens (including phenoxy) is 1. The topological polar surface area (TPSA) is 104 Å². The highest BCUT2D eigenvalue weighted by atomic mass is 16.5. The van der Waals surface area contributed by atoms with E-state index < -0.39 is 5.91 Å². The number of aromatic nitrogens is 1. The molecular weight excluding hydrogens is 432 g/mol. The van der Waals surface area contributed by atoms with E-state index >= 15 is 0 Å². The predicted octanol–water partition coefficient (Wildman–Crippen LogP) is 5.03. The molecule has 0 radical (unpaired) electrons. The number of amides is 3. The third-order valence-electron chi connectivity index (χ3n) is 5.27. The molecule has 2 aromatic carbocycles. The van der Waals surface area contributed by atoms with Gasteiger partial charge in [0.05, 0.1) is 12.3 Å². The molecule has 3 aromatic rings. The second kappa shape index (κ2) is 12.4. The van der Waals surface area contributed by atoms with E-state index in [2.05, 4.69) is 17.2 Å². The molecule has 0 aliphatic heterocycles. The van der Waals surface area contributed by atoms with Crippen LogP contribution >= 0.6 is 0 Å². The first kappa shape index (κ1) is 24.7. The van der Waals surface area contributed by atoms with Crippen LogP contribution in [0, 0.1) is 0 Å². The molecule has 0 saturated heterocycles. The van der Waals surface area contributed by atoms with Crippen LogP contribution in [0.5, 0.6) is 5.75 Å². The van der Waals surface area contributed by atoms with Crippen molar-refractivity contribution in [3.8, 4) is 17.0 Å². The summed E-state index contributed by atoms with van der Waals surface area (Å²) < 4.78 is 5.65. The maximum Gasteiger partial charge on any atom is 0.327 e. The highest BCUT2D eigenvalue weighted by Crippen LogP contribution is 2.22. The summed E-state index contributed by atoms with van der Waals surface area (Å²) >= 11 is 0. The molecule has 8 nitrogen and oxygen atoms in total. The minimum atomic E-state index is -0.420. The van der Waals surface area contributed by atoms with Crippen LogP contribution in [0.2, 0.25) is 0 Å². The van der Waals surface area contributed by atoms with Crippen LogP contribution < -0.4 is 20.4 Å². The smallest absolute Gasteiger partial charge is 0.327 e. The highest BCUT2D eigenvalue weighted by Gasteiger charge is 2.13. The second-order valence-electron chi connectivity index (χ2n) is 7.83. The molecule has 0 atom stereocenters. The standard InChI is InChI=1S/C26H30N4O4/c1-3-4-18-34-22-15-13-21(14-16-22)27-26(32)30(2)24-7-5-6-23(28-24)20-11-8-19(9-12-20)10-17-25(31)29-33/h5-9,11-16,33H,3-4,10,17-18H2,1-2H3,(H,27,32)(H,29,31). The van der Waals surface area contributed by atoms with Gasteiger partial charge in [-0.3, -0.25) is 14.9 Å². The van der Waals surface area contributed by atoms with E-state index in [1.807, 2.05) is 60.7 Å². The molecule has 178 valence electrons. The van der Waals surface area contributed by atoms with Crippen molar-refractivity contribution in [2.24, 2.45) is 0 Å². The number of unbranched alkanes of at least 4 members (excludes halogenated alkanes) is 1. The minimum Gasteiger partial charge on any atom is -0.494 e. The van der Waals surface area contributed by atoms with Gasteiger partial charge < -0.3 is 10.1 Å². The Balaban J connectivity index is 1.62. The molecule has 8 heteroatoms.